The van der Waals surface area contributed by atoms with Crippen molar-refractivity contribution in [2.75, 3.05) is 39.6 Å². The number of nitriles is 1. The van der Waals surface area contributed by atoms with Crippen LogP contribution in [-0.4, -0.2) is 112 Å². The maximum absolute atomic E-state index is 12.8. The normalized spacial score (nSPS) is 27.2. The van der Waals surface area contributed by atoms with Crippen molar-refractivity contribution in [3.05, 3.63) is 24.2 Å². The lowest BCUT2D eigenvalue weighted by atomic mass is 9.92. The summed E-state index contributed by atoms with van der Waals surface area (Å²) in [4.78, 5) is 30.7. The minimum atomic E-state index is -2.04. The predicted octanol–water partition coefficient (Wildman–Crippen LogP) is -0.655. The van der Waals surface area contributed by atoms with Gasteiger partial charge in [-0.05, 0) is 33.2 Å². The molecule has 15 nitrogen and oxygen atoms in total. The SMILES string of the molecule is CC(OC(=O)OC[C@H]1O[C@@](C#N)(c2ccc3c(N)ncnn23)[C@H](O)[C@@H]1O)C(C(=O)OC1CCOCC1)N(C)C. The van der Waals surface area contributed by atoms with Gasteiger partial charge < -0.3 is 39.6 Å². The topological polar surface area (TPSA) is 204 Å². The number of hydrogen-bond acceptors (Lipinski definition) is 14. The largest absolute Gasteiger partial charge is 0.508 e. The van der Waals surface area contributed by atoms with Crippen LogP contribution >= 0.6 is 0 Å². The van der Waals surface area contributed by atoms with Crippen molar-refractivity contribution >= 4 is 23.5 Å². The molecule has 0 spiro atoms. The van der Waals surface area contributed by atoms with Crippen LogP contribution < -0.4 is 5.73 Å². The van der Waals surface area contributed by atoms with Crippen LogP contribution in [0.4, 0.5) is 10.6 Å². The molecule has 0 bridgehead atoms. The highest BCUT2D eigenvalue weighted by atomic mass is 16.7. The molecular weight excluding hydrogens is 516 g/mol. The molecule has 15 heteroatoms. The van der Waals surface area contributed by atoms with E-state index in [0.29, 0.717) is 31.6 Å². The number of fused-ring (bicyclic) bond motifs is 1. The van der Waals surface area contributed by atoms with E-state index >= 15 is 0 Å². The van der Waals surface area contributed by atoms with Gasteiger partial charge in [0, 0.05) is 12.8 Å². The Morgan fingerprint density at radius 3 is 2.72 bits per heavy atom. The van der Waals surface area contributed by atoms with Gasteiger partial charge in [-0.2, -0.15) is 10.4 Å². The summed E-state index contributed by atoms with van der Waals surface area (Å²) in [7, 11) is 3.30. The maximum Gasteiger partial charge on any atom is 0.508 e. The summed E-state index contributed by atoms with van der Waals surface area (Å²) >= 11 is 0. The number of hydrogen-bond donors (Lipinski definition) is 3. The fourth-order valence-electron chi connectivity index (χ4n) is 4.80. The molecule has 0 aliphatic carbocycles. The smallest absolute Gasteiger partial charge is 0.461 e. The summed E-state index contributed by atoms with van der Waals surface area (Å²) in [6.07, 6.45) is -4.60. The van der Waals surface area contributed by atoms with E-state index in [-0.39, 0.29) is 17.6 Å². The number of ether oxygens (including phenoxy) is 5. The second-order valence-corrected chi connectivity index (χ2v) is 9.64. The van der Waals surface area contributed by atoms with Crippen LogP contribution in [0.25, 0.3) is 5.52 Å². The number of aliphatic hydroxyl groups is 2. The van der Waals surface area contributed by atoms with E-state index in [0.717, 1.165) is 0 Å². The Bertz CT molecular complexity index is 1230. The van der Waals surface area contributed by atoms with E-state index in [2.05, 4.69) is 10.1 Å². The van der Waals surface area contributed by atoms with Gasteiger partial charge in [-0.3, -0.25) is 9.69 Å². The first kappa shape index (κ1) is 28.5. The predicted molar refractivity (Wildman–Crippen MR) is 131 cm³/mol. The molecule has 39 heavy (non-hydrogen) atoms. The molecule has 2 aromatic heterocycles. The van der Waals surface area contributed by atoms with E-state index < -0.39 is 54.8 Å². The Balaban J connectivity index is 1.39. The molecular formula is C24H32N6O9. The van der Waals surface area contributed by atoms with Crippen LogP contribution in [-0.2, 0) is 34.1 Å². The molecule has 2 saturated heterocycles. The summed E-state index contributed by atoms with van der Waals surface area (Å²) in [6.45, 7) is 1.98. The van der Waals surface area contributed by atoms with Crippen LogP contribution in [0.5, 0.6) is 0 Å². The van der Waals surface area contributed by atoms with E-state index in [1.165, 1.54) is 23.8 Å². The number of carbonyl (C=O) groups is 2. The summed E-state index contributed by atoms with van der Waals surface area (Å²) in [6, 6.07) is 4.02. The van der Waals surface area contributed by atoms with Gasteiger partial charge in [0.2, 0.25) is 5.60 Å². The zero-order chi connectivity index (χ0) is 28.3. The molecule has 2 aliphatic heterocycles. The van der Waals surface area contributed by atoms with Crippen LogP contribution in [0.3, 0.4) is 0 Å². The Morgan fingerprint density at radius 1 is 1.33 bits per heavy atom. The van der Waals surface area contributed by atoms with Gasteiger partial charge in [0.15, 0.2) is 5.82 Å². The fourth-order valence-corrected chi connectivity index (χ4v) is 4.80. The molecule has 6 atom stereocenters. The van der Waals surface area contributed by atoms with Gasteiger partial charge in [0.25, 0.3) is 0 Å². The van der Waals surface area contributed by atoms with Crippen molar-refractivity contribution < 1.29 is 43.5 Å². The molecule has 4 rings (SSSR count). The number of esters is 1. The minimum absolute atomic E-state index is 0.108. The highest BCUT2D eigenvalue weighted by molar-refractivity contribution is 5.77. The Morgan fingerprint density at radius 2 is 2.05 bits per heavy atom. The summed E-state index contributed by atoms with van der Waals surface area (Å²) in [5.41, 5.74) is 4.29. The van der Waals surface area contributed by atoms with Crippen molar-refractivity contribution in [1.29, 1.82) is 5.26 Å². The first-order chi connectivity index (χ1) is 18.6. The number of nitrogens with zero attached hydrogens (tertiary/aromatic N) is 5. The molecule has 4 heterocycles. The Hall–Kier alpha value is -3.55. The second-order valence-electron chi connectivity index (χ2n) is 9.64. The molecule has 2 aromatic rings. The lowest BCUT2D eigenvalue weighted by molar-refractivity contribution is -0.163. The number of carbonyl (C=O) groups excluding carboxylic acids is 2. The Kier molecular flexibility index (Phi) is 8.52. The fraction of sp³-hybridized carbons (Fsp3) is 0.625. The van der Waals surface area contributed by atoms with Crippen molar-refractivity contribution in [2.24, 2.45) is 0 Å². The number of nitrogen functional groups attached to an aromatic ring is 1. The maximum atomic E-state index is 12.8. The molecule has 2 aliphatic rings. The van der Waals surface area contributed by atoms with Crippen molar-refractivity contribution in [1.82, 2.24) is 19.5 Å². The molecule has 0 radical (unpaired) electrons. The number of nitrogens with two attached hydrogens (primary N) is 1. The first-order valence-electron chi connectivity index (χ1n) is 12.4. The third-order valence-corrected chi connectivity index (χ3v) is 6.83. The summed E-state index contributed by atoms with van der Waals surface area (Å²) < 4.78 is 28.3. The molecule has 2 unspecified atom stereocenters. The number of aliphatic hydroxyl groups excluding tert-OH is 2. The van der Waals surface area contributed by atoms with Gasteiger partial charge in [-0.15, -0.1) is 0 Å². The van der Waals surface area contributed by atoms with Gasteiger partial charge in [0.05, 0.1) is 18.9 Å². The zero-order valence-electron chi connectivity index (χ0n) is 21.8. The summed E-state index contributed by atoms with van der Waals surface area (Å²) in [5, 5.41) is 35.5. The van der Waals surface area contributed by atoms with Gasteiger partial charge in [0.1, 0.15) is 61.1 Å². The first-order valence-corrected chi connectivity index (χ1v) is 12.4. The molecule has 212 valence electrons. The lowest BCUT2D eigenvalue weighted by Crippen LogP contribution is -2.48. The van der Waals surface area contributed by atoms with Crippen molar-refractivity contribution in [3.8, 4) is 6.07 Å². The van der Waals surface area contributed by atoms with Crippen molar-refractivity contribution in [3.63, 3.8) is 0 Å². The van der Waals surface area contributed by atoms with E-state index in [1.807, 2.05) is 6.07 Å². The number of rotatable bonds is 8. The standard InChI is InChI=1S/C24H32N6O9/c1-13(18(29(2)3)22(33)38-14-6-8-35-9-7-14)37-23(34)36-10-16-19(31)20(32)24(11-25,39-16)17-5-4-15-21(26)27-12-28-30(15)17/h4-5,12-14,16,18-20,31-32H,6-10H2,1-3H3,(H2,26,27,28)/t13?,16-,18?,19-,20-,24+/m1/s1. The van der Waals surface area contributed by atoms with Crippen LogP contribution in [0.1, 0.15) is 25.5 Å². The molecule has 0 saturated carbocycles. The third-order valence-electron chi connectivity index (χ3n) is 6.83. The van der Waals surface area contributed by atoms with Gasteiger partial charge in [-0.1, -0.05) is 0 Å². The average molecular weight is 549 g/mol. The number of aromatic nitrogens is 3. The Labute approximate surface area is 223 Å². The van der Waals surface area contributed by atoms with Gasteiger partial charge in [-0.25, -0.2) is 14.3 Å². The average Bonchev–Trinajstić information content (AvgIpc) is 3.44. The van der Waals surface area contributed by atoms with Crippen molar-refractivity contribution in [2.45, 2.75) is 61.9 Å². The van der Waals surface area contributed by atoms with Crippen LogP contribution in [0, 0.1) is 11.3 Å². The second kappa shape index (κ2) is 11.7. The number of likely N-dealkylation sites (N-methyl/N-ethyl adjacent to an activating group) is 1. The van der Waals surface area contributed by atoms with E-state index in [1.54, 1.807) is 25.1 Å². The quantitative estimate of drug-likeness (QED) is 0.351. The van der Waals surface area contributed by atoms with Crippen LogP contribution in [0.15, 0.2) is 18.5 Å². The molecule has 2 fully saturated rings. The summed E-state index contributed by atoms with van der Waals surface area (Å²) in [5.74, 6) is -0.408. The third kappa shape index (κ3) is 5.60. The highest BCUT2D eigenvalue weighted by Gasteiger charge is 2.58. The number of anilines is 1. The highest BCUT2D eigenvalue weighted by Crippen LogP contribution is 2.40. The minimum Gasteiger partial charge on any atom is -0.461 e. The van der Waals surface area contributed by atoms with E-state index in [4.69, 9.17) is 29.4 Å². The molecule has 0 aromatic carbocycles. The monoisotopic (exact) mass is 548 g/mol. The van der Waals surface area contributed by atoms with Crippen LogP contribution in [0.2, 0.25) is 0 Å². The lowest BCUT2D eigenvalue weighted by Gasteiger charge is -2.30. The zero-order valence-corrected chi connectivity index (χ0v) is 21.8. The van der Waals surface area contributed by atoms with E-state index in [9.17, 15) is 25.1 Å². The van der Waals surface area contributed by atoms with Gasteiger partial charge >= 0.3 is 12.1 Å². The molecule has 0 amide bonds. The molecule has 4 N–H and O–H groups in total.